The quantitative estimate of drug-likeness (QED) is 0.846. The minimum absolute atomic E-state index is 0.0442. The summed E-state index contributed by atoms with van der Waals surface area (Å²) in [6.45, 7) is 7.49. The van der Waals surface area contributed by atoms with Crippen LogP contribution in [0.5, 0.6) is 0 Å². The van der Waals surface area contributed by atoms with Crippen molar-refractivity contribution in [3.8, 4) is 0 Å². The van der Waals surface area contributed by atoms with Crippen molar-refractivity contribution in [1.29, 1.82) is 0 Å². The van der Waals surface area contributed by atoms with E-state index in [1.807, 2.05) is 31.5 Å². The molecule has 6 heteroatoms. The van der Waals surface area contributed by atoms with Gasteiger partial charge in [0.2, 0.25) is 0 Å². The Hall–Kier alpha value is -1.69. The predicted molar refractivity (Wildman–Crippen MR) is 68.0 cm³/mol. The lowest BCUT2D eigenvalue weighted by molar-refractivity contribution is 0.192. The summed E-state index contributed by atoms with van der Waals surface area (Å²) in [4.78, 5) is 4.50. The summed E-state index contributed by atoms with van der Waals surface area (Å²) >= 11 is 0. The fraction of sp³-hybridized carbons (Fsp3) is 0.615. The molecule has 2 aromatic heterocycles. The Balaban J connectivity index is 1.83. The molecule has 0 N–H and O–H groups in total. The van der Waals surface area contributed by atoms with Gasteiger partial charge in [-0.1, -0.05) is 5.16 Å². The molecule has 0 radical (unpaired) electrons. The highest BCUT2D eigenvalue weighted by Crippen LogP contribution is 2.25. The van der Waals surface area contributed by atoms with Gasteiger partial charge in [0.25, 0.3) is 5.89 Å². The average Bonchev–Trinajstić information content (AvgIpc) is 3.06. The van der Waals surface area contributed by atoms with E-state index in [0.717, 1.165) is 30.2 Å². The third-order valence-electron chi connectivity index (χ3n) is 3.52. The van der Waals surface area contributed by atoms with Gasteiger partial charge in [0.05, 0.1) is 12.3 Å². The standard InChI is InChI=1S/C13H18N4O2/c1-8-6-9(2)17(15-8)10(3)13-14-12(16-19-13)11-4-5-18-7-11/h6,10-11H,4-5,7H2,1-3H3/t10-,11-/m1/s1. The second-order valence-electron chi connectivity index (χ2n) is 5.10. The first-order valence-corrected chi connectivity index (χ1v) is 6.59. The maximum Gasteiger partial charge on any atom is 0.251 e. The van der Waals surface area contributed by atoms with Gasteiger partial charge < -0.3 is 9.26 Å². The zero-order valence-corrected chi connectivity index (χ0v) is 11.5. The van der Waals surface area contributed by atoms with E-state index < -0.39 is 0 Å². The number of ether oxygens (including phenoxy) is 1. The van der Waals surface area contributed by atoms with E-state index in [1.165, 1.54) is 0 Å². The van der Waals surface area contributed by atoms with Crippen molar-refractivity contribution in [1.82, 2.24) is 19.9 Å². The predicted octanol–water partition coefficient (Wildman–Crippen LogP) is 2.00. The fourth-order valence-corrected chi connectivity index (χ4v) is 2.46. The first-order valence-electron chi connectivity index (χ1n) is 6.59. The van der Waals surface area contributed by atoms with E-state index in [1.54, 1.807) is 0 Å². The molecule has 0 spiro atoms. The van der Waals surface area contributed by atoms with Crippen LogP contribution < -0.4 is 0 Å². The molecule has 1 aliphatic heterocycles. The van der Waals surface area contributed by atoms with Gasteiger partial charge in [0.1, 0.15) is 6.04 Å². The van der Waals surface area contributed by atoms with Gasteiger partial charge in [0, 0.05) is 18.2 Å². The summed E-state index contributed by atoms with van der Waals surface area (Å²) in [6, 6.07) is 2.00. The highest BCUT2D eigenvalue weighted by atomic mass is 16.5. The summed E-state index contributed by atoms with van der Waals surface area (Å²) < 4.78 is 12.6. The van der Waals surface area contributed by atoms with Crippen LogP contribution in [0.4, 0.5) is 0 Å². The molecule has 0 amide bonds. The smallest absolute Gasteiger partial charge is 0.251 e. The maximum atomic E-state index is 5.38. The van der Waals surface area contributed by atoms with Gasteiger partial charge in [-0.2, -0.15) is 10.1 Å². The van der Waals surface area contributed by atoms with Crippen LogP contribution in [0.25, 0.3) is 0 Å². The van der Waals surface area contributed by atoms with Crippen molar-refractivity contribution in [2.24, 2.45) is 0 Å². The Bertz CT molecular complexity index is 569. The highest BCUT2D eigenvalue weighted by molar-refractivity contribution is 5.10. The van der Waals surface area contributed by atoms with Crippen molar-refractivity contribution in [2.75, 3.05) is 13.2 Å². The summed E-state index contributed by atoms with van der Waals surface area (Å²) in [7, 11) is 0. The third kappa shape index (κ3) is 2.28. The number of hydrogen-bond acceptors (Lipinski definition) is 5. The third-order valence-corrected chi connectivity index (χ3v) is 3.52. The van der Waals surface area contributed by atoms with Crippen LogP contribution in [0.1, 0.15) is 48.4 Å². The Labute approximate surface area is 111 Å². The molecule has 1 aliphatic rings. The molecule has 0 unspecified atom stereocenters. The van der Waals surface area contributed by atoms with Gasteiger partial charge in [0.15, 0.2) is 5.82 Å². The minimum Gasteiger partial charge on any atom is -0.381 e. The van der Waals surface area contributed by atoms with Crippen LogP contribution in [-0.2, 0) is 4.74 Å². The molecule has 19 heavy (non-hydrogen) atoms. The largest absolute Gasteiger partial charge is 0.381 e. The summed E-state index contributed by atoms with van der Waals surface area (Å²) in [6.07, 6.45) is 0.966. The van der Waals surface area contributed by atoms with Crippen LogP contribution in [-0.4, -0.2) is 33.1 Å². The van der Waals surface area contributed by atoms with E-state index in [-0.39, 0.29) is 12.0 Å². The Morgan fingerprint density at radius 2 is 2.26 bits per heavy atom. The van der Waals surface area contributed by atoms with Crippen LogP contribution in [0.15, 0.2) is 10.6 Å². The molecular formula is C13H18N4O2. The zero-order chi connectivity index (χ0) is 13.4. The topological polar surface area (TPSA) is 66.0 Å². The Morgan fingerprint density at radius 1 is 1.42 bits per heavy atom. The first-order chi connectivity index (χ1) is 9.15. The monoisotopic (exact) mass is 262 g/mol. The lowest BCUT2D eigenvalue weighted by atomic mass is 10.1. The second-order valence-corrected chi connectivity index (χ2v) is 5.10. The molecule has 6 nitrogen and oxygen atoms in total. The molecule has 102 valence electrons. The summed E-state index contributed by atoms with van der Waals surface area (Å²) in [5.41, 5.74) is 2.09. The van der Waals surface area contributed by atoms with Crippen molar-refractivity contribution >= 4 is 0 Å². The van der Waals surface area contributed by atoms with Crippen molar-refractivity contribution in [3.05, 3.63) is 29.2 Å². The summed E-state index contributed by atoms with van der Waals surface area (Å²) in [5.74, 6) is 1.62. The molecule has 1 fully saturated rings. The van der Waals surface area contributed by atoms with Gasteiger partial charge in [-0.15, -0.1) is 0 Å². The summed E-state index contributed by atoms with van der Waals surface area (Å²) in [5, 5.41) is 8.53. The van der Waals surface area contributed by atoms with Gasteiger partial charge in [-0.05, 0) is 33.3 Å². The van der Waals surface area contributed by atoms with Gasteiger partial charge in [-0.25, -0.2) is 0 Å². The van der Waals surface area contributed by atoms with Crippen LogP contribution in [0.3, 0.4) is 0 Å². The molecule has 0 saturated carbocycles. The Morgan fingerprint density at radius 3 is 2.89 bits per heavy atom. The van der Waals surface area contributed by atoms with Crippen LogP contribution in [0, 0.1) is 13.8 Å². The molecule has 2 atom stereocenters. The van der Waals surface area contributed by atoms with E-state index in [9.17, 15) is 0 Å². The number of nitrogens with zero attached hydrogens (tertiary/aromatic N) is 4. The van der Waals surface area contributed by atoms with Gasteiger partial charge >= 0.3 is 0 Å². The number of aryl methyl sites for hydroxylation is 2. The molecule has 3 heterocycles. The molecule has 0 bridgehead atoms. The van der Waals surface area contributed by atoms with Crippen LogP contribution >= 0.6 is 0 Å². The molecule has 1 saturated heterocycles. The molecule has 0 aromatic carbocycles. The first kappa shape index (κ1) is 12.3. The second kappa shape index (κ2) is 4.77. The average molecular weight is 262 g/mol. The number of rotatable bonds is 3. The molecule has 2 aromatic rings. The van der Waals surface area contributed by atoms with Crippen molar-refractivity contribution < 1.29 is 9.26 Å². The van der Waals surface area contributed by atoms with E-state index in [2.05, 4.69) is 15.2 Å². The molecule has 0 aliphatic carbocycles. The normalized spacial score (nSPS) is 20.9. The number of aromatic nitrogens is 4. The fourth-order valence-electron chi connectivity index (χ4n) is 2.46. The lowest BCUT2D eigenvalue weighted by Gasteiger charge is -2.09. The highest BCUT2D eigenvalue weighted by Gasteiger charge is 2.25. The lowest BCUT2D eigenvalue weighted by Crippen LogP contribution is -2.11. The van der Waals surface area contributed by atoms with E-state index in [0.29, 0.717) is 12.5 Å². The SMILES string of the molecule is Cc1cc(C)n([C@H](C)c2nc([C@@H]3CCOC3)no2)n1. The van der Waals surface area contributed by atoms with Gasteiger partial charge in [-0.3, -0.25) is 4.68 Å². The maximum absolute atomic E-state index is 5.38. The minimum atomic E-state index is -0.0442. The van der Waals surface area contributed by atoms with Crippen LogP contribution in [0.2, 0.25) is 0 Å². The van der Waals surface area contributed by atoms with Crippen molar-refractivity contribution in [2.45, 2.75) is 39.2 Å². The molecule has 3 rings (SSSR count). The number of hydrogen-bond donors (Lipinski definition) is 0. The molecular weight excluding hydrogens is 244 g/mol. The van der Waals surface area contributed by atoms with E-state index >= 15 is 0 Å². The zero-order valence-electron chi connectivity index (χ0n) is 11.5. The van der Waals surface area contributed by atoms with E-state index in [4.69, 9.17) is 9.26 Å². The van der Waals surface area contributed by atoms with Crippen molar-refractivity contribution in [3.63, 3.8) is 0 Å². The Kier molecular flexibility index (Phi) is 3.10.